The van der Waals surface area contributed by atoms with Crippen LogP contribution in [0.1, 0.15) is 41.9 Å². The molecule has 82 valence electrons. The van der Waals surface area contributed by atoms with E-state index < -0.39 is 5.97 Å². The van der Waals surface area contributed by atoms with E-state index in [0.29, 0.717) is 24.0 Å². The van der Waals surface area contributed by atoms with E-state index in [-0.39, 0.29) is 0 Å². The number of ether oxygens (including phenoxy) is 2. The van der Waals surface area contributed by atoms with E-state index in [1.807, 2.05) is 0 Å². The van der Waals surface area contributed by atoms with Crippen molar-refractivity contribution < 1.29 is 14.3 Å². The van der Waals surface area contributed by atoms with Gasteiger partial charge in [0.1, 0.15) is 5.69 Å². The SMILES string of the molecule is CCOC(=O)c1[nH]nc(C2CC2)c1OC. The molecule has 5 heteroatoms. The third kappa shape index (κ3) is 1.82. The van der Waals surface area contributed by atoms with Gasteiger partial charge >= 0.3 is 5.97 Å². The van der Waals surface area contributed by atoms with Crippen molar-refractivity contribution in [1.82, 2.24) is 10.2 Å². The van der Waals surface area contributed by atoms with Crippen LogP contribution in [-0.4, -0.2) is 29.9 Å². The molecule has 15 heavy (non-hydrogen) atoms. The van der Waals surface area contributed by atoms with Crippen LogP contribution >= 0.6 is 0 Å². The lowest BCUT2D eigenvalue weighted by atomic mass is 10.2. The summed E-state index contributed by atoms with van der Waals surface area (Å²) < 4.78 is 10.1. The number of esters is 1. The molecule has 1 fully saturated rings. The van der Waals surface area contributed by atoms with Gasteiger partial charge in [-0.2, -0.15) is 5.10 Å². The summed E-state index contributed by atoms with van der Waals surface area (Å²) in [5, 5.41) is 6.78. The number of aromatic nitrogens is 2. The van der Waals surface area contributed by atoms with E-state index in [1.54, 1.807) is 14.0 Å². The van der Waals surface area contributed by atoms with Crippen LogP contribution < -0.4 is 4.74 Å². The number of rotatable bonds is 4. The molecular formula is C10H14N2O3. The van der Waals surface area contributed by atoms with Crippen LogP contribution in [0.5, 0.6) is 5.75 Å². The number of hydrogen-bond acceptors (Lipinski definition) is 4. The first-order valence-corrected chi connectivity index (χ1v) is 5.07. The van der Waals surface area contributed by atoms with E-state index in [2.05, 4.69) is 10.2 Å². The highest BCUT2D eigenvalue weighted by atomic mass is 16.5. The van der Waals surface area contributed by atoms with Crippen LogP contribution in [0.4, 0.5) is 0 Å². The fourth-order valence-electron chi connectivity index (χ4n) is 1.53. The lowest BCUT2D eigenvalue weighted by Crippen LogP contribution is -2.06. The molecule has 1 saturated carbocycles. The van der Waals surface area contributed by atoms with Gasteiger partial charge in [0.15, 0.2) is 11.4 Å². The fraction of sp³-hybridized carbons (Fsp3) is 0.600. The van der Waals surface area contributed by atoms with Crippen LogP contribution in [0.25, 0.3) is 0 Å². The van der Waals surface area contributed by atoms with Crippen LogP contribution in [0.2, 0.25) is 0 Å². The van der Waals surface area contributed by atoms with Crippen LogP contribution in [-0.2, 0) is 4.74 Å². The Bertz CT molecular complexity index is 369. The zero-order valence-electron chi connectivity index (χ0n) is 8.87. The number of H-pyrrole nitrogens is 1. The standard InChI is InChI=1S/C10H14N2O3/c1-3-15-10(13)8-9(14-2)7(11-12-8)6-4-5-6/h6H,3-5H2,1-2H3,(H,11,12). The van der Waals surface area contributed by atoms with E-state index in [4.69, 9.17) is 9.47 Å². The Morgan fingerprint density at radius 3 is 2.87 bits per heavy atom. The Labute approximate surface area is 87.8 Å². The summed E-state index contributed by atoms with van der Waals surface area (Å²) in [5.74, 6) is 0.573. The number of carbonyl (C=O) groups excluding carboxylic acids is 1. The van der Waals surface area contributed by atoms with Gasteiger partial charge in [-0.25, -0.2) is 4.79 Å². The predicted molar refractivity (Wildman–Crippen MR) is 53.1 cm³/mol. The zero-order chi connectivity index (χ0) is 10.8. The highest BCUT2D eigenvalue weighted by Gasteiger charge is 2.32. The molecule has 0 saturated heterocycles. The maximum absolute atomic E-state index is 11.5. The van der Waals surface area contributed by atoms with Crippen molar-refractivity contribution in [2.24, 2.45) is 0 Å². The van der Waals surface area contributed by atoms with Crippen LogP contribution in [0.15, 0.2) is 0 Å². The van der Waals surface area contributed by atoms with Gasteiger partial charge in [-0.3, -0.25) is 5.10 Å². The third-order valence-electron chi connectivity index (χ3n) is 2.40. The van der Waals surface area contributed by atoms with Gasteiger partial charge in [-0.15, -0.1) is 0 Å². The van der Waals surface area contributed by atoms with Gasteiger partial charge < -0.3 is 9.47 Å². The molecule has 1 aliphatic carbocycles. The minimum atomic E-state index is -0.409. The Hall–Kier alpha value is -1.52. The van der Waals surface area contributed by atoms with Crippen molar-refractivity contribution in [3.63, 3.8) is 0 Å². The maximum Gasteiger partial charge on any atom is 0.360 e. The van der Waals surface area contributed by atoms with Gasteiger partial charge in [0.05, 0.1) is 13.7 Å². The first-order chi connectivity index (χ1) is 7.27. The van der Waals surface area contributed by atoms with E-state index in [0.717, 1.165) is 18.5 Å². The highest BCUT2D eigenvalue weighted by Crippen LogP contribution is 2.44. The van der Waals surface area contributed by atoms with Gasteiger partial charge in [0.2, 0.25) is 0 Å². The number of carbonyl (C=O) groups is 1. The summed E-state index contributed by atoms with van der Waals surface area (Å²) in [6.07, 6.45) is 2.23. The maximum atomic E-state index is 11.5. The summed E-state index contributed by atoms with van der Waals surface area (Å²) in [4.78, 5) is 11.5. The molecule has 0 aliphatic heterocycles. The van der Waals surface area contributed by atoms with E-state index in [1.165, 1.54) is 0 Å². The molecule has 0 spiro atoms. The Morgan fingerprint density at radius 1 is 1.60 bits per heavy atom. The second kappa shape index (κ2) is 3.92. The first-order valence-electron chi connectivity index (χ1n) is 5.07. The first kappa shape index (κ1) is 10.0. The molecule has 0 atom stereocenters. The monoisotopic (exact) mass is 210 g/mol. The normalized spacial score (nSPS) is 15.1. The third-order valence-corrected chi connectivity index (χ3v) is 2.40. The van der Waals surface area contributed by atoms with Crippen molar-refractivity contribution in [2.75, 3.05) is 13.7 Å². The van der Waals surface area contributed by atoms with Crippen molar-refractivity contribution in [3.05, 3.63) is 11.4 Å². The minimum Gasteiger partial charge on any atom is -0.492 e. The highest BCUT2D eigenvalue weighted by molar-refractivity contribution is 5.90. The molecule has 2 rings (SSSR count). The second-order valence-electron chi connectivity index (χ2n) is 3.51. The molecule has 0 radical (unpaired) electrons. The zero-order valence-corrected chi connectivity index (χ0v) is 8.87. The van der Waals surface area contributed by atoms with Crippen LogP contribution in [0, 0.1) is 0 Å². The second-order valence-corrected chi connectivity index (χ2v) is 3.51. The smallest absolute Gasteiger partial charge is 0.360 e. The summed E-state index contributed by atoms with van der Waals surface area (Å²) in [6, 6.07) is 0. The molecule has 1 aromatic rings. The Kier molecular flexibility index (Phi) is 2.62. The molecule has 5 nitrogen and oxygen atoms in total. The summed E-state index contributed by atoms with van der Waals surface area (Å²) in [5.41, 5.74) is 1.17. The van der Waals surface area contributed by atoms with Crippen molar-refractivity contribution in [1.29, 1.82) is 0 Å². The minimum absolute atomic E-state index is 0.321. The van der Waals surface area contributed by atoms with Gasteiger partial charge in [0.25, 0.3) is 0 Å². The number of hydrogen-bond donors (Lipinski definition) is 1. The molecule has 1 aliphatic rings. The Morgan fingerprint density at radius 2 is 2.33 bits per heavy atom. The molecule has 0 amide bonds. The lowest BCUT2D eigenvalue weighted by Gasteiger charge is -2.02. The average Bonchev–Trinajstić information content (AvgIpc) is 2.97. The number of methoxy groups -OCH3 is 1. The predicted octanol–water partition coefficient (Wildman–Crippen LogP) is 1.47. The number of aromatic amines is 1. The molecule has 1 aromatic heterocycles. The summed E-state index contributed by atoms with van der Waals surface area (Å²) in [7, 11) is 1.54. The molecule has 1 heterocycles. The lowest BCUT2D eigenvalue weighted by molar-refractivity contribution is 0.0516. The number of nitrogens with one attached hydrogen (secondary N) is 1. The fourth-order valence-corrected chi connectivity index (χ4v) is 1.53. The topological polar surface area (TPSA) is 64.2 Å². The summed E-state index contributed by atoms with van der Waals surface area (Å²) >= 11 is 0. The molecule has 0 unspecified atom stereocenters. The largest absolute Gasteiger partial charge is 0.492 e. The summed E-state index contributed by atoms with van der Waals surface area (Å²) in [6.45, 7) is 2.11. The quantitative estimate of drug-likeness (QED) is 0.764. The molecular weight excluding hydrogens is 196 g/mol. The number of nitrogens with zero attached hydrogens (tertiary/aromatic N) is 1. The van der Waals surface area contributed by atoms with Crippen molar-refractivity contribution in [2.45, 2.75) is 25.7 Å². The van der Waals surface area contributed by atoms with Crippen molar-refractivity contribution in [3.8, 4) is 5.75 Å². The average molecular weight is 210 g/mol. The van der Waals surface area contributed by atoms with E-state index in [9.17, 15) is 4.79 Å². The molecule has 0 bridgehead atoms. The van der Waals surface area contributed by atoms with Gasteiger partial charge in [-0.05, 0) is 19.8 Å². The molecule has 0 aromatic carbocycles. The van der Waals surface area contributed by atoms with E-state index >= 15 is 0 Å². The van der Waals surface area contributed by atoms with Gasteiger partial charge in [0, 0.05) is 5.92 Å². The van der Waals surface area contributed by atoms with Gasteiger partial charge in [-0.1, -0.05) is 0 Å². The van der Waals surface area contributed by atoms with Crippen molar-refractivity contribution >= 4 is 5.97 Å². The van der Waals surface area contributed by atoms with Crippen LogP contribution in [0.3, 0.4) is 0 Å². The molecule has 1 N–H and O–H groups in total. The Balaban J connectivity index is 2.26.